The summed E-state index contributed by atoms with van der Waals surface area (Å²) in [6.45, 7) is 0.649. The molecule has 0 heterocycles. The highest BCUT2D eigenvalue weighted by molar-refractivity contribution is 5.95. The van der Waals surface area contributed by atoms with Gasteiger partial charge in [0.25, 0.3) is 11.8 Å². The summed E-state index contributed by atoms with van der Waals surface area (Å²) in [5, 5.41) is 5.58. The molecule has 0 aromatic heterocycles. The topological polar surface area (TPSA) is 76.7 Å². The van der Waals surface area contributed by atoms with Crippen molar-refractivity contribution in [1.29, 1.82) is 0 Å². The largest absolute Gasteiger partial charge is 0.497 e. The maximum atomic E-state index is 12.3. The number of amides is 2. The van der Waals surface area contributed by atoms with Crippen LogP contribution in [0, 0.1) is 0 Å². The highest BCUT2D eigenvalue weighted by atomic mass is 16.5. The Kier molecular flexibility index (Phi) is 7.05. The van der Waals surface area contributed by atoms with E-state index in [1.54, 1.807) is 50.6 Å². The summed E-state index contributed by atoms with van der Waals surface area (Å²) in [5.74, 6) is 0.993. The average Bonchev–Trinajstić information content (AvgIpc) is 2.81. The predicted octanol–water partition coefficient (Wildman–Crippen LogP) is 3.53. The molecule has 0 aliphatic rings. The molecule has 0 radical (unpaired) electrons. The van der Waals surface area contributed by atoms with E-state index in [-0.39, 0.29) is 11.8 Å². The van der Waals surface area contributed by atoms with E-state index < -0.39 is 0 Å². The molecular weight excluding hydrogens is 380 g/mol. The molecule has 3 aromatic rings. The molecule has 0 fully saturated rings. The minimum atomic E-state index is -0.217. The fourth-order valence-corrected chi connectivity index (χ4v) is 2.94. The molecule has 0 aliphatic heterocycles. The van der Waals surface area contributed by atoms with Crippen molar-refractivity contribution in [2.24, 2.45) is 0 Å². The van der Waals surface area contributed by atoms with Crippen molar-refractivity contribution in [2.75, 3.05) is 27.3 Å². The van der Waals surface area contributed by atoms with Crippen LogP contribution in [0.4, 0.5) is 0 Å². The monoisotopic (exact) mass is 404 g/mol. The maximum absolute atomic E-state index is 12.3. The Balaban J connectivity index is 1.49. The number of hydrogen-bond acceptors (Lipinski definition) is 4. The summed E-state index contributed by atoms with van der Waals surface area (Å²) < 4.78 is 10.4. The van der Waals surface area contributed by atoms with Crippen LogP contribution in [0.25, 0.3) is 11.1 Å². The van der Waals surface area contributed by atoms with E-state index in [0.29, 0.717) is 30.0 Å². The zero-order chi connectivity index (χ0) is 21.3. The highest BCUT2D eigenvalue weighted by Crippen LogP contribution is 2.24. The molecule has 6 nitrogen and oxygen atoms in total. The summed E-state index contributed by atoms with van der Waals surface area (Å²) >= 11 is 0. The quantitative estimate of drug-likeness (QED) is 0.563. The van der Waals surface area contributed by atoms with E-state index in [4.69, 9.17) is 9.47 Å². The fraction of sp³-hybridized carbons (Fsp3) is 0.167. The summed E-state index contributed by atoms with van der Waals surface area (Å²) in [6.07, 6.45) is 0. The molecule has 0 atom stereocenters. The molecule has 154 valence electrons. The number of methoxy groups -OCH3 is 2. The van der Waals surface area contributed by atoms with Gasteiger partial charge >= 0.3 is 0 Å². The summed E-state index contributed by atoms with van der Waals surface area (Å²) in [7, 11) is 3.18. The molecule has 0 saturated carbocycles. The van der Waals surface area contributed by atoms with Gasteiger partial charge in [0, 0.05) is 24.2 Å². The molecule has 3 rings (SSSR count). The molecule has 6 heteroatoms. The smallest absolute Gasteiger partial charge is 0.251 e. The number of carbonyl (C=O) groups is 2. The van der Waals surface area contributed by atoms with Gasteiger partial charge in [-0.3, -0.25) is 9.59 Å². The van der Waals surface area contributed by atoms with Gasteiger partial charge in [0.2, 0.25) is 0 Å². The van der Waals surface area contributed by atoms with Crippen molar-refractivity contribution < 1.29 is 19.1 Å². The zero-order valence-corrected chi connectivity index (χ0v) is 17.0. The van der Waals surface area contributed by atoms with Gasteiger partial charge in [0.1, 0.15) is 11.5 Å². The Morgan fingerprint density at radius 2 is 1.23 bits per heavy atom. The summed E-state index contributed by atoms with van der Waals surface area (Å²) in [6, 6.07) is 22.0. The second kappa shape index (κ2) is 10.1. The predicted molar refractivity (Wildman–Crippen MR) is 116 cm³/mol. The number of nitrogens with one attached hydrogen (secondary N) is 2. The van der Waals surface area contributed by atoms with Crippen LogP contribution in [0.5, 0.6) is 11.5 Å². The van der Waals surface area contributed by atoms with Crippen LogP contribution >= 0.6 is 0 Å². The molecule has 0 unspecified atom stereocenters. The van der Waals surface area contributed by atoms with Crippen LogP contribution in [0.1, 0.15) is 20.7 Å². The Bertz CT molecular complexity index is 1020. The Morgan fingerprint density at radius 3 is 1.87 bits per heavy atom. The van der Waals surface area contributed by atoms with Gasteiger partial charge in [0.05, 0.1) is 14.2 Å². The number of carbonyl (C=O) groups excluding carboxylic acids is 2. The zero-order valence-electron chi connectivity index (χ0n) is 17.0. The fourth-order valence-electron chi connectivity index (χ4n) is 2.94. The molecule has 0 bridgehead atoms. The van der Waals surface area contributed by atoms with Gasteiger partial charge in [-0.1, -0.05) is 30.3 Å². The molecule has 2 amide bonds. The lowest BCUT2D eigenvalue weighted by Gasteiger charge is -2.09. The first-order valence-electron chi connectivity index (χ1n) is 9.55. The Hall–Kier alpha value is -3.80. The number of benzene rings is 3. The van der Waals surface area contributed by atoms with E-state index in [1.165, 1.54) is 0 Å². The maximum Gasteiger partial charge on any atom is 0.251 e. The SMILES string of the molecule is COc1cccc(C(=O)NCCNC(=O)c2ccc(-c3cccc(OC)c3)cc2)c1. The standard InChI is InChI=1S/C24H24N2O4/c1-29-21-7-3-5-19(15-21)17-9-11-18(12-10-17)23(27)25-13-14-26-24(28)20-6-4-8-22(16-20)30-2/h3-12,15-16H,13-14H2,1-2H3,(H,25,27)(H,26,28). The minimum Gasteiger partial charge on any atom is -0.497 e. The van der Waals surface area contributed by atoms with E-state index in [0.717, 1.165) is 16.9 Å². The summed E-state index contributed by atoms with van der Waals surface area (Å²) in [5.41, 5.74) is 3.08. The van der Waals surface area contributed by atoms with Crippen LogP contribution in [0.15, 0.2) is 72.8 Å². The average molecular weight is 404 g/mol. The molecule has 0 spiro atoms. The first-order valence-corrected chi connectivity index (χ1v) is 9.55. The first-order chi connectivity index (χ1) is 14.6. The Morgan fingerprint density at radius 1 is 0.667 bits per heavy atom. The van der Waals surface area contributed by atoms with Crippen LogP contribution < -0.4 is 20.1 Å². The lowest BCUT2D eigenvalue weighted by molar-refractivity contribution is 0.0927. The van der Waals surface area contributed by atoms with Crippen LogP contribution in [-0.2, 0) is 0 Å². The molecule has 0 aliphatic carbocycles. The van der Waals surface area contributed by atoms with Crippen molar-refractivity contribution in [2.45, 2.75) is 0 Å². The van der Waals surface area contributed by atoms with Crippen molar-refractivity contribution in [1.82, 2.24) is 10.6 Å². The third kappa shape index (κ3) is 5.38. The molecular formula is C24H24N2O4. The normalized spacial score (nSPS) is 10.2. The number of ether oxygens (including phenoxy) is 2. The van der Waals surface area contributed by atoms with Gasteiger partial charge in [-0.15, -0.1) is 0 Å². The van der Waals surface area contributed by atoms with Crippen molar-refractivity contribution in [3.63, 3.8) is 0 Å². The Labute approximate surface area is 175 Å². The molecule has 3 aromatic carbocycles. The van der Waals surface area contributed by atoms with Gasteiger partial charge < -0.3 is 20.1 Å². The van der Waals surface area contributed by atoms with Gasteiger partial charge in [-0.25, -0.2) is 0 Å². The third-order valence-corrected chi connectivity index (χ3v) is 4.58. The van der Waals surface area contributed by atoms with Gasteiger partial charge in [-0.2, -0.15) is 0 Å². The van der Waals surface area contributed by atoms with Gasteiger partial charge in [0.15, 0.2) is 0 Å². The third-order valence-electron chi connectivity index (χ3n) is 4.58. The first kappa shape index (κ1) is 20.9. The van der Waals surface area contributed by atoms with E-state index >= 15 is 0 Å². The summed E-state index contributed by atoms with van der Waals surface area (Å²) in [4.78, 5) is 24.5. The number of hydrogen-bond donors (Lipinski definition) is 2. The molecule has 2 N–H and O–H groups in total. The number of rotatable bonds is 8. The van der Waals surface area contributed by atoms with E-state index in [1.807, 2.05) is 36.4 Å². The second-order valence-electron chi connectivity index (χ2n) is 6.55. The lowest BCUT2D eigenvalue weighted by atomic mass is 10.0. The van der Waals surface area contributed by atoms with Crippen molar-refractivity contribution in [3.8, 4) is 22.6 Å². The lowest BCUT2D eigenvalue weighted by Crippen LogP contribution is -2.34. The van der Waals surface area contributed by atoms with E-state index in [2.05, 4.69) is 10.6 Å². The second-order valence-corrected chi connectivity index (χ2v) is 6.55. The highest BCUT2D eigenvalue weighted by Gasteiger charge is 2.08. The van der Waals surface area contributed by atoms with E-state index in [9.17, 15) is 9.59 Å². The minimum absolute atomic E-state index is 0.192. The van der Waals surface area contributed by atoms with Crippen LogP contribution in [0.2, 0.25) is 0 Å². The van der Waals surface area contributed by atoms with Crippen molar-refractivity contribution in [3.05, 3.63) is 83.9 Å². The van der Waals surface area contributed by atoms with Crippen LogP contribution in [0.3, 0.4) is 0 Å². The van der Waals surface area contributed by atoms with Crippen molar-refractivity contribution >= 4 is 11.8 Å². The molecule has 30 heavy (non-hydrogen) atoms. The molecule has 0 saturated heterocycles. The van der Waals surface area contributed by atoms with Gasteiger partial charge in [-0.05, 0) is 53.6 Å². The van der Waals surface area contributed by atoms with Crippen LogP contribution in [-0.4, -0.2) is 39.1 Å².